The molecule has 0 saturated carbocycles. The molecule has 1 atom stereocenters. The molecule has 0 saturated heterocycles. The Bertz CT molecular complexity index is 1930. The number of carbonyl (C=O) groups is 1. The van der Waals surface area contributed by atoms with Gasteiger partial charge in [-0.25, -0.2) is 26.0 Å². The Balaban J connectivity index is 1.53. The molecular weight excluding hydrogens is 566 g/mol. The van der Waals surface area contributed by atoms with Crippen LogP contribution in [-0.2, 0) is 21.1 Å². The number of nitrogens with one attached hydrogen (secondary N) is 1. The number of aromatic nitrogens is 3. The largest absolute Gasteiger partial charge is 0.481 e. The van der Waals surface area contributed by atoms with Crippen LogP contribution in [0, 0.1) is 23.3 Å². The van der Waals surface area contributed by atoms with Gasteiger partial charge in [0.05, 0.1) is 18.7 Å². The third-order valence-corrected chi connectivity index (χ3v) is 7.64. The van der Waals surface area contributed by atoms with Crippen LogP contribution >= 0.6 is 0 Å². The van der Waals surface area contributed by atoms with Gasteiger partial charge >= 0.3 is 5.97 Å². The Hall–Kier alpha value is -4.65. The maximum absolute atomic E-state index is 15.1. The zero-order chi connectivity index (χ0) is 29.6. The van der Waals surface area contributed by atoms with Crippen LogP contribution in [0.3, 0.4) is 0 Å². The number of hydrogen-bond donors (Lipinski definition) is 2. The molecule has 3 aromatic carbocycles. The zero-order valence-corrected chi connectivity index (χ0v) is 22.3. The van der Waals surface area contributed by atoms with Gasteiger partial charge in [-0.05, 0) is 36.8 Å². The van der Waals surface area contributed by atoms with Crippen LogP contribution in [0.15, 0.2) is 65.8 Å². The van der Waals surface area contributed by atoms with E-state index in [1.807, 2.05) is 0 Å². The number of carboxylic acid groups (broad SMARTS) is 1. The van der Waals surface area contributed by atoms with Crippen LogP contribution in [0.25, 0.3) is 22.2 Å². The normalized spacial score (nSPS) is 12.5. The van der Waals surface area contributed by atoms with E-state index in [1.54, 1.807) is 0 Å². The number of ether oxygens (including phenoxy) is 1. The Morgan fingerprint density at radius 2 is 1.83 bits per heavy atom. The number of carboxylic acids is 1. The van der Waals surface area contributed by atoms with Crippen molar-refractivity contribution < 1.29 is 40.6 Å². The molecule has 8 nitrogen and oxygen atoms in total. The van der Waals surface area contributed by atoms with Gasteiger partial charge in [0.1, 0.15) is 16.4 Å². The molecule has 0 fully saturated rings. The van der Waals surface area contributed by atoms with Crippen molar-refractivity contribution in [1.82, 2.24) is 14.8 Å². The summed E-state index contributed by atoms with van der Waals surface area (Å²) in [5.41, 5.74) is -0.0442. The lowest BCUT2D eigenvalue weighted by Gasteiger charge is -2.15. The van der Waals surface area contributed by atoms with E-state index in [-0.39, 0.29) is 33.3 Å². The van der Waals surface area contributed by atoms with Gasteiger partial charge in [-0.1, -0.05) is 18.2 Å². The molecule has 1 unspecified atom stereocenters. The highest BCUT2D eigenvalue weighted by atomic mass is 32.2. The predicted molar refractivity (Wildman–Crippen MR) is 141 cm³/mol. The van der Waals surface area contributed by atoms with E-state index in [2.05, 4.69) is 10.1 Å². The van der Waals surface area contributed by atoms with Gasteiger partial charge < -0.3 is 14.8 Å². The number of fused-ring (bicyclic) bond motifs is 1. The van der Waals surface area contributed by atoms with E-state index in [0.29, 0.717) is 0 Å². The molecular formula is C28H21F4N3O5S. The van der Waals surface area contributed by atoms with Crippen molar-refractivity contribution in [3.05, 3.63) is 95.3 Å². The molecule has 0 aliphatic carbocycles. The summed E-state index contributed by atoms with van der Waals surface area (Å²) < 4.78 is 91.5. The van der Waals surface area contributed by atoms with Crippen LogP contribution in [0.2, 0.25) is 0 Å². The number of aliphatic carboxylic acids is 1. The van der Waals surface area contributed by atoms with Crippen LogP contribution in [-0.4, -0.2) is 40.5 Å². The van der Waals surface area contributed by atoms with Crippen LogP contribution < -0.4 is 4.74 Å². The first kappa shape index (κ1) is 27.9. The monoisotopic (exact) mass is 587 g/mol. The lowest BCUT2D eigenvalue weighted by Crippen LogP contribution is -2.12. The lowest BCUT2D eigenvalue weighted by atomic mass is 10.0. The van der Waals surface area contributed by atoms with Crippen molar-refractivity contribution >= 4 is 26.7 Å². The molecule has 2 N–H and O–H groups in total. The Kier molecular flexibility index (Phi) is 7.07. The Morgan fingerprint density at radius 1 is 1.07 bits per heavy atom. The van der Waals surface area contributed by atoms with Crippen molar-refractivity contribution in [2.45, 2.75) is 24.3 Å². The van der Waals surface area contributed by atoms with Gasteiger partial charge in [0, 0.05) is 40.5 Å². The van der Waals surface area contributed by atoms with Crippen molar-refractivity contribution in [3.8, 4) is 22.8 Å². The highest BCUT2D eigenvalue weighted by Crippen LogP contribution is 2.39. The standard InChI is InChI=1S/C28H21F4N3O5S/c1-14(17-5-3-4-15(25(17)32)11-24(36)37)35-13-21(31)26(34-35)16-6-7-19(29)23(10-16)40-27-20(30)12-22-18(8-9-33-22)28(27)41(2,38)39/h3-10,12-14,33H,11H2,1-2H3,(H,36,37). The molecule has 0 aliphatic heterocycles. The fraction of sp³-hybridized carbons (Fsp3) is 0.143. The number of H-pyrrole nitrogens is 1. The van der Waals surface area contributed by atoms with E-state index >= 15 is 8.78 Å². The first-order valence-corrected chi connectivity index (χ1v) is 14.0. The quantitative estimate of drug-likeness (QED) is 0.215. The summed E-state index contributed by atoms with van der Waals surface area (Å²) >= 11 is 0. The number of nitrogens with zero attached hydrogens (tertiary/aromatic N) is 2. The Labute approximate surface area is 230 Å². The van der Waals surface area contributed by atoms with Crippen LogP contribution in [0.4, 0.5) is 17.6 Å². The van der Waals surface area contributed by atoms with E-state index in [1.165, 1.54) is 43.5 Å². The molecule has 41 heavy (non-hydrogen) atoms. The van der Waals surface area contributed by atoms with E-state index in [4.69, 9.17) is 9.84 Å². The lowest BCUT2D eigenvalue weighted by molar-refractivity contribution is -0.136. The maximum Gasteiger partial charge on any atom is 0.307 e. The molecule has 2 aromatic heterocycles. The fourth-order valence-electron chi connectivity index (χ4n) is 4.55. The summed E-state index contributed by atoms with van der Waals surface area (Å²) in [6.45, 7) is 1.53. The third-order valence-electron chi connectivity index (χ3n) is 6.49. The second-order valence-corrected chi connectivity index (χ2v) is 11.3. The minimum Gasteiger partial charge on any atom is -0.481 e. The Morgan fingerprint density at radius 3 is 2.54 bits per heavy atom. The first-order valence-electron chi connectivity index (χ1n) is 12.1. The SMILES string of the molecule is CC(c1cccc(CC(=O)O)c1F)n1cc(F)c(-c2ccc(F)c(Oc3c(F)cc4[nH]ccc4c3S(C)(=O)=O)c2)n1. The number of benzene rings is 3. The van der Waals surface area contributed by atoms with Crippen LogP contribution in [0.5, 0.6) is 11.5 Å². The van der Waals surface area contributed by atoms with Gasteiger partial charge in [-0.15, -0.1) is 0 Å². The molecule has 5 aromatic rings. The highest BCUT2D eigenvalue weighted by Gasteiger charge is 2.26. The number of sulfone groups is 1. The molecule has 13 heteroatoms. The van der Waals surface area contributed by atoms with E-state index < -0.39 is 67.9 Å². The first-order chi connectivity index (χ1) is 19.3. The summed E-state index contributed by atoms with van der Waals surface area (Å²) in [5, 5.41) is 13.3. The minimum atomic E-state index is -4.05. The number of halogens is 4. The minimum absolute atomic E-state index is 0.00832. The summed E-state index contributed by atoms with van der Waals surface area (Å²) in [7, 11) is -4.05. The zero-order valence-electron chi connectivity index (χ0n) is 21.5. The second kappa shape index (κ2) is 10.4. The molecule has 0 spiro atoms. The van der Waals surface area contributed by atoms with E-state index in [0.717, 1.165) is 35.3 Å². The average Bonchev–Trinajstić information content (AvgIpc) is 3.51. The van der Waals surface area contributed by atoms with Crippen molar-refractivity contribution in [3.63, 3.8) is 0 Å². The summed E-state index contributed by atoms with van der Waals surface area (Å²) in [4.78, 5) is 13.3. The molecule has 212 valence electrons. The number of aromatic amines is 1. The third kappa shape index (κ3) is 5.27. The molecule has 0 bridgehead atoms. The molecule has 2 heterocycles. The predicted octanol–water partition coefficient (Wildman–Crippen LogP) is 6.02. The highest BCUT2D eigenvalue weighted by molar-refractivity contribution is 7.91. The van der Waals surface area contributed by atoms with Gasteiger partial charge in [0.15, 0.2) is 38.8 Å². The molecule has 5 rings (SSSR count). The molecule has 0 aliphatic rings. The summed E-state index contributed by atoms with van der Waals surface area (Å²) in [6, 6.07) is 8.95. The average molecular weight is 588 g/mol. The second-order valence-electron chi connectivity index (χ2n) is 9.35. The topological polar surface area (TPSA) is 114 Å². The number of rotatable bonds is 8. The van der Waals surface area contributed by atoms with Crippen molar-refractivity contribution in [1.29, 1.82) is 0 Å². The van der Waals surface area contributed by atoms with Crippen molar-refractivity contribution in [2.24, 2.45) is 0 Å². The van der Waals surface area contributed by atoms with Gasteiger partial charge in [0.25, 0.3) is 0 Å². The summed E-state index contributed by atoms with van der Waals surface area (Å²) in [6.07, 6.45) is 2.73. The van der Waals surface area contributed by atoms with Crippen LogP contribution in [0.1, 0.15) is 24.1 Å². The van der Waals surface area contributed by atoms with Gasteiger partial charge in [-0.3, -0.25) is 9.48 Å². The fourth-order valence-corrected chi connectivity index (χ4v) is 5.61. The van der Waals surface area contributed by atoms with Gasteiger partial charge in [0.2, 0.25) is 0 Å². The number of hydrogen-bond acceptors (Lipinski definition) is 5. The van der Waals surface area contributed by atoms with E-state index in [9.17, 15) is 22.0 Å². The molecule has 0 amide bonds. The smallest absolute Gasteiger partial charge is 0.307 e. The molecule has 0 radical (unpaired) electrons. The van der Waals surface area contributed by atoms with Gasteiger partial charge in [-0.2, -0.15) is 5.10 Å². The summed E-state index contributed by atoms with van der Waals surface area (Å²) in [5.74, 6) is -6.20. The maximum atomic E-state index is 15.1. The van der Waals surface area contributed by atoms with Crippen molar-refractivity contribution in [2.75, 3.05) is 6.26 Å².